The third-order valence-corrected chi connectivity index (χ3v) is 4.06. The molecule has 0 aliphatic carbocycles. The second-order valence-corrected chi connectivity index (χ2v) is 6.10. The zero-order chi connectivity index (χ0) is 20.7. The van der Waals surface area contributed by atoms with Crippen molar-refractivity contribution in [1.82, 2.24) is 5.32 Å². The number of hydrogen-bond acceptors (Lipinski definition) is 4. The topological polar surface area (TPSA) is 71.3 Å². The molecule has 0 saturated heterocycles. The van der Waals surface area contributed by atoms with Crippen LogP contribution >= 0.6 is 11.6 Å². The molecule has 1 N–H and O–H groups in total. The van der Waals surface area contributed by atoms with E-state index in [-0.39, 0.29) is 28.1 Å². The fourth-order valence-corrected chi connectivity index (χ4v) is 2.70. The van der Waals surface area contributed by atoms with Gasteiger partial charge in [-0.3, -0.25) is 4.79 Å². The molecule has 0 aromatic heterocycles. The smallest absolute Gasteiger partial charge is 0.387 e. The number of hydrogen-bond donors (Lipinski definition) is 1. The number of benzene rings is 2. The molecule has 8 heteroatoms. The minimum atomic E-state index is -3.08. The molecule has 0 radical (unpaired) electrons. The number of nitriles is 1. The fourth-order valence-electron chi connectivity index (χ4n) is 2.44. The number of rotatable bonds is 7. The predicted octanol–water partition coefficient (Wildman–Crippen LogP) is 4.73. The van der Waals surface area contributed by atoms with Gasteiger partial charge >= 0.3 is 6.61 Å². The molecule has 2 aromatic rings. The lowest BCUT2D eigenvalue weighted by molar-refractivity contribution is -0.117. The van der Waals surface area contributed by atoms with Gasteiger partial charge in [-0.05, 0) is 36.3 Å². The molecular formula is C20H17ClF2N2O3. The van der Waals surface area contributed by atoms with Crippen LogP contribution in [0.4, 0.5) is 8.78 Å². The zero-order valence-electron chi connectivity index (χ0n) is 15.1. The highest BCUT2D eigenvalue weighted by Crippen LogP contribution is 2.38. The average molecular weight is 407 g/mol. The first-order valence-electron chi connectivity index (χ1n) is 8.15. The van der Waals surface area contributed by atoms with Crippen LogP contribution in [0.25, 0.3) is 6.08 Å². The van der Waals surface area contributed by atoms with E-state index in [1.54, 1.807) is 6.92 Å². The standard InChI is InChI=1S/C20H17ClF2N2O3/c1-12(14-6-4-3-5-7-14)25-19(26)15(11-24)8-13-9-16(21)18(28-20(22)23)17(10-13)27-2/h3-10,12,20H,1-2H3,(H,25,26)/b15-8+/t12-/m0/s1. The lowest BCUT2D eigenvalue weighted by atomic mass is 10.1. The number of ether oxygens (including phenoxy) is 2. The summed E-state index contributed by atoms with van der Waals surface area (Å²) in [5.74, 6) is -0.951. The van der Waals surface area contributed by atoms with Crippen LogP contribution in [-0.2, 0) is 4.79 Å². The average Bonchev–Trinajstić information content (AvgIpc) is 2.68. The Morgan fingerprint density at radius 3 is 2.54 bits per heavy atom. The molecule has 28 heavy (non-hydrogen) atoms. The molecule has 0 bridgehead atoms. The van der Waals surface area contributed by atoms with Crippen molar-refractivity contribution in [3.8, 4) is 17.6 Å². The third-order valence-electron chi connectivity index (χ3n) is 3.78. The zero-order valence-corrected chi connectivity index (χ0v) is 15.8. The fraction of sp³-hybridized carbons (Fsp3) is 0.200. The van der Waals surface area contributed by atoms with E-state index >= 15 is 0 Å². The first-order valence-corrected chi connectivity index (χ1v) is 8.53. The highest BCUT2D eigenvalue weighted by atomic mass is 35.5. The molecule has 1 atom stereocenters. The summed E-state index contributed by atoms with van der Waals surface area (Å²) >= 11 is 5.98. The van der Waals surface area contributed by atoms with E-state index < -0.39 is 12.5 Å². The van der Waals surface area contributed by atoms with Crippen LogP contribution in [0, 0.1) is 11.3 Å². The number of nitrogens with zero attached hydrogens (tertiary/aromatic N) is 1. The van der Waals surface area contributed by atoms with Gasteiger partial charge in [0.25, 0.3) is 5.91 Å². The molecule has 0 fully saturated rings. The van der Waals surface area contributed by atoms with Crippen molar-refractivity contribution in [3.63, 3.8) is 0 Å². The van der Waals surface area contributed by atoms with Crippen molar-refractivity contribution < 1.29 is 23.0 Å². The number of halogens is 3. The van der Waals surface area contributed by atoms with E-state index in [1.807, 2.05) is 36.4 Å². The van der Waals surface area contributed by atoms with Gasteiger partial charge in [0, 0.05) is 0 Å². The molecule has 2 rings (SSSR count). The van der Waals surface area contributed by atoms with Gasteiger partial charge in [0.05, 0.1) is 18.2 Å². The molecule has 0 unspecified atom stereocenters. The first-order chi connectivity index (χ1) is 13.3. The van der Waals surface area contributed by atoms with E-state index in [2.05, 4.69) is 10.1 Å². The van der Waals surface area contributed by atoms with Crippen LogP contribution in [-0.4, -0.2) is 19.6 Å². The van der Waals surface area contributed by atoms with Gasteiger partial charge in [-0.15, -0.1) is 0 Å². The molecule has 2 aromatic carbocycles. The molecule has 0 heterocycles. The second-order valence-electron chi connectivity index (χ2n) is 5.69. The quantitative estimate of drug-likeness (QED) is 0.532. The van der Waals surface area contributed by atoms with Gasteiger partial charge in [-0.25, -0.2) is 0 Å². The molecule has 0 aliphatic heterocycles. The Kier molecular flexibility index (Phi) is 7.36. The number of nitrogens with one attached hydrogen (secondary N) is 1. The summed E-state index contributed by atoms with van der Waals surface area (Å²) in [4.78, 5) is 12.4. The van der Waals surface area contributed by atoms with Gasteiger partial charge in [0.2, 0.25) is 0 Å². The van der Waals surface area contributed by atoms with Gasteiger partial charge in [-0.2, -0.15) is 14.0 Å². The van der Waals surface area contributed by atoms with Crippen molar-refractivity contribution in [1.29, 1.82) is 5.26 Å². The minimum absolute atomic E-state index is 0.0469. The van der Waals surface area contributed by atoms with Gasteiger partial charge in [0.1, 0.15) is 11.6 Å². The number of amides is 1. The molecule has 0 spiro atoms. The largest absolute Gasteiger partial charge is 0.493 e. The summed E-state index contributed by atoms with van der Waals surface area (Å²) in [6.07, 6.45) is 1.29. The summed E-state index contributed by atoms with van der Waals surface area (Å²) in [6.45, 7) is -1.29. The van der Waals surface area contributed by atoms with Gasteiger partial charge in [0.15, 0.2) is 11.5 Å². The number of carbonyl (C=O) groups excluding carboxylic acids is 1. The number of methoxy groups -OCH3 is 1. The molecule has 0 aliphatic rings. The summed E-state index contributed by atoms with van der Waals surface area (Å²) in [7, 11) is 1.26. The van der Waals surface area contributed by atoms with E-state index in [4.69, 9.17) is 16.3 Å². The highest BCUT2D eigenvalue weighted by molar-refractivity contribution is 6.32. The van der Waals surface area contributed by atoms with E-state index in [0.29, 0.717) is 5.56 Å². The lowest BCUT2D eigenvalue weighted by Gasteiger charge is -2.14. The summed E-state index contributed by atoms with van der Waals surface area (Å²) in [6, 6.07) is 13.4. The Hall–Kier alpha value is -3.11. The number of alkyl halides is 2. The lowest BCUT2D eigenvalue weighted by Crippen LogP contribution is -2.27. The maximum Gasteiger partial charge on any atom is 0.387 e. The van der Waals surface area contributed by atoms with Crippen molar-refractivity contribution >= 4 is 23.6 Å². The van der Waals surface area contributed by atoms with Crippen LogP contribution in [0.1, 0.15) is 24.1 Å². The SMILES string of the molecule is COc1cc(/C=C(\C#N)C(=O)N[C@@H](C)c2ccccc2)cc(Cl)c1OC(F)F. The Morgan fingerprint density at radius 2 is 1.96 bits per heavy atom. The number of carbonyl (C=O) groups is 1. The molecule has 5 nitrogen and oxygen atoms in total. The van der Waals surface area contributed by atoms with Crippen LogP contribution in [0.2, 0.25) is 5.02 Å². The van der Waals surface area contributed by atoms with Gasteiger partial charge in [-0.1, -0.05) is 41.9 Å². The Labute approximate surface area is 166 Å². The van der Waals surface area contributed by atoms with Crippen molar-refractivity contribution in [2.75, 3.05) is 7.11 Å². The summed E-state index contributed by atoms with van der Waals surface area (Å²) in [5.41, 5.74) is 1.03. The second kappa shape index (κ2) is 9.72. The third kappa shape index (κ3) is 5.44. The normalized spacial score (nSPS) is 12.2. The van der Waals surface area contributed by atoms with Crippen LogP contribution in [0.5, 0.6) is 11.5 Å². The predicted molar refractivity (Wildman–Crippen MR) is 101 cm³/mol. The van der Waals surface area contributed by atoms with E-state index in [9.17, 15) is 18.8 Å². The van der Waals surface area contributed by atoms with E-state index in [0.717, 1.165) is 5.56 Å². The molecule has 146 valence electrons. The Bertz CT molecular complexity index is 912. The maximum absolute atomic E-state index is 12.5. The molecule has 1 amide bonds. The monoisotopic (exact) mass is 406 g/mol. The summed E-state index contributed by atoms with van der Waals surface area (Å²) < 4.78 is 34.4. The van der Waals surface area contributed by atoms with E-state index in [1.165, 1.54) is 25.3 Å². The minimum Gasteiger partial charge on any atom is -0.493 e. The molecule has 0 saturated carbocycles. The van der Waals surface area contributed by atoms with Crippen LogP contribution < -0.4 is 14.8 Å². The Morgan fingerprint density at radius 1 is 1.29 bits per heavy atom. The Balaban J connectivity index is 2.27. The van der Waals surface area contributed by atoms with Crippen LogP contribution in [0.15, 0.2) is 48.0 Å². The van der Waals surface area contributed by atoms with Crippen molar-refractivity contribution in [2.24, 2.45) is 0 Å². The van der Waals surface area contributed by atoms with Crippen LogP contribution in [0.3, 0.4) is 0 Å². The highest BCUT2D eigenvalue weighted by Gasteiger charge is 2.18. The maximum atomic E-state index is 12.5. The van der Waals surface area contributed by atoms with Crippen molar-refractivity contribution in [3.05, 3.63) is 64.2 Å². The molecular weight excluding hydrogens is 390 g/mol. The summed E-state index contributed by atoms with van der Waals surface area (Å²) in [5, 5.41) is 11.9. The van der Waals surface area contributed by atoms with Gasteiger partial charge < -0.3 is 14.8 Å². The van der Waals surface area contributed by atoms with Crippen molar-refractivity contribution in [2.45, 2.75) is 19.6 Å². The first kappa shape index (κ1) is 21.2.